The number of amides is 2. The van der Waals surface area contributed by atoms with Crippen LogP contribution in [0.3, 0.4) is 0 Å². The number of fused-ring (bicyclic) bond motifs is 1. The van der Waals surface area contributed by atoms with Crippen molar-refractivity contribution in [3.8, 4) is 11.8 Å². The molecule has 0 aromatic heterocycles. The minimum atomic E-state index is -0.386. The van der Waals surface area contributed by atoms with Gasteiger partial charge in [-0.3, -0.25) is 9.59 Å². The van der Waals surface area contributed by atoms with Crippen LogP contribution in [0.2, 0.25) is 0 Å². The largest absolute Gasteiger partial charge is 0.394 e. The fraction of sp³-hybridized carbons (Fsp3) is 0.360. The number of hydrogen-bond donors (Lipinski definition) is 3. The van der Waals surface area contributed by atoms with Crippen LogP contribution in [-0.2, 0) is 11.2 Å². The molecule has 3 N–H and O–H groups in total. The van der Waals surface area contributed by atoms with E-state index >= 15 is 0 Å². The first kappa shape index (κ1) is 22.4. The van der Waals surface area contributed by atoms with Gasteiger partial charge in [0.1, 0.15) is 6.04 Å². The monoisotopic (exact) mass is 419 g/mol. The number of carbonyl (C=O) groups excluding carboxylic acids is 2. The van der Waals surface area contributed by atoms with Gasteiger partial charge in [-0.05, 0) is 55.2 Å². The Bertz CT molecular complexity index is 1040. The summed E-state index contributed by atoms with van der Waals surface area (Å²) in [6.45, 7) is 5.62. The molecular formula is C25H29N3O3. The quantitative estimate of drug-likeness (QED) is 0.666. The van der Waals surface area contributed by atoms with E-state index in [9.17, 15) is 14.7 Å². The summed E-state index contributed by atoms with van der Waals surface area (Å²) in [5.74, 6) is 5.53. The van der Waals surface area contributed by atoms with Crippen LogP contribution in [0.25, 0.3) is 0 Å². The Morgan fingerprint density at radius 3 is 2.74 bits per heavy atom. The SMILES string of the molecule is CC#Cc1cccc(C(=O)Nc2ccc3c(c2)N(C)C(C(C)C)C(=O)N[C@H](CO)C3)c1. The maximum Gasteiger partial charge on any atom is 0.255 e. The summed E-state index contributed by atoms with van der Waals surface area (Å²) in [4.78, 5) is 27.5. The van der Waals surface area contributed by atoms with Gasteiger partial charge in [-0.1, -0.05) is 31.9 Å². The van der Waals surface area contributed by atoms with Gasteiger partial charge < -0.3 is 20.6 Å². The zero-order valence-corrected chi connectivity index (χ0v) is 18.4. The summed E-state index contributed by atoms with van der Waals surface area (Å²) in [6.07, 6.45) is 0.513. The molecule has 1 aliphatic heterocycles. The van der Waals surface area contributed by atoms with E-state index in [1.54, 1.807) is 19.1 Å². The second kappa shape index (κ2) is 9.67. The first-order valence-electron chi connectivity index (χ1n) is 10.4. The summed E-state index contributed by atoms with van der Waals surface area (Å²) in [5, 5.41) is 15.6. The van der Waals surface area contributed by atoms with Crippen LogP contribution in [0, 0.1) is 17.8 Å². The van der Waals surface area contributed by atoms with E-state index in [2.05, 4.69) is 22.5 Å². The topological polar surface area (TPSA) is 81.7 Å². The molecule has 0 bridgehead atoms. The molecule has 1 aliphatic rings. The highest BCUT2D eigenvalue weighted by Gasteiger charge is 2.32. The Kier molecular flexibility index (Phi) is 6.98. The molecule has 2 atom stereocenters. The van der Waals surface area contributed by atoms with Crippen LogP contribution in [0.5, 0.6) is 0 Å². The standard InChI is InChI=1S/C25H29N3O3/c1-5-7-17-8-6-9-19(12-17)24(30)26-20-11-10-18-13-21(15-29)27-25(31)23(16(2)3)28(4)22(18)14-20/h6,8-12,14,16,21,23,29H,13,15H2,1-4H3,(H,26,30)(H,27,31)/t21-,23?/m0/s1. The van der Waals surface area contributed by atoms with Crippen LogP contribution in [0.1, 0.15) is 42.3 Å². The van der Waals surface area contributed by atoms with Crippen molar-refractivity contribution in [3.63, 3.8) is 0 Å². The van der Waals surface area contributed by atoms with Gasteiger partial charge in [0.15, 0.2) is 0 Å². The molecule has 0 aliphatic carbocycles. The molecule has 6 nitrogen and oxygen atoms in total. The number of nitrogens with one attached hydrogen (secondary N) is 2. The van der Waals surface area contributed by atoms with E-state index in [1.807, 2.05) is 56.1 Å². The summed E-state index contributed by atoms with van der Waals surface area (Å²) in [7, 11) is 1.89. The zero-order chi connectivity index (χ0) is 22.5. The molecule has 0 radical (unpaired) electrons. The zero-order valence-electron chi connectivity index (χ0n) is 18.4. The minimum Gasteiger partial charge on any atom is -0.394 e. The van der Waals surface area contributed by atoms with Gasteiger partial charge >= 0.3 is 0 Å². The third kappa shape index (κ3) is 5.07. The molecule has 0 saturated heterocycles. The lowest BCUT2D eigenvalue weighted by Crippen LogP contribution is -2.54. The van der Waals surface area contributed by atoms with Crippen LogP contribution in [-0.4, -0.2) is 42.7 Å². The number of anilines is 2. The normalized spacial score (nSPS) is 18.3. The number of aliphatic hydroxyl groups is 1. The van der Waals surface area contributed by atoms with Crippen molar-refractivity contribution in [2.75, 3.05) is 23.9 Å². The van der Waals surface area contributed by atoms with Gasteiger partial charge in [0.2, 0.25) is 5.91 Å². The molecule has 162 valence electrons. The highest BCUT2D eigenvalue weighted by atomic mass is 16.3. The second-order valence-corrected chi connectivity index (χ2v) is 8.15. The molecule has 1 unspecified atom stereocenters. The van der Waals surface area contributed by atoms with Crippen molar-refractivity contribution in [3.05, 3.63) is 59.2 Å². The van der Waals surface area contributed by atoms with E-state index < -0.39 is 0 Å². The lowest BCUT2D eigenvalue weighted by molar-refractivity contribution is -0.124. The molecule has 2 aromatic rings. The van der Waals surface area contributed by atoms with Gasteiger partial charge in [-0.2, -0.15) is 0 Å². The maximum absolute atomic E-state index is 12.8. The Hall–Kier alpha value is -3.30. The maximum atomic E-state index is 12.8. The molecular weight excluding hydrogens is 390 g/mol. The number of carbonyl (C=O) groups is 2. The predicted molar refractivity (Wildman–Crippen MR) is 123 cm³/mol. The van der Waals surface area contributed by atoms with Crippen LogP contribution in [0.15, 0.2) is 42.5 Å². The van der Waals surface area contributed by atoms with Crippen LogP contribution < -0.4 is 15.5 Å². The highest BCUT2D eigenvalue weighted by Crippen LogP contribution is 2.30. The van der Waals surface area contributed by atoms with Crippen molar-refractivity contribution in [1.82, 2.24) is 5.32 Å². The fourth-order valence-corrected chi connectivity index (χ4v) is 4.02. The molecule has 3 rings (SSSR count). The summed E-state index contributed by atoms with van der Waals surface area (Å²) < 4.78 is 0. The van der Waals surface area contributed by atoms with Gasteiger partial charge in [-0.15, -0.1) is 5.92 Å². The van der Waals surface area contributed by atoms with Gasteiger partial charge in [0, 0.05) is 29.5 Å². The van der Waals surface area contributed by atoms with Gasteiger partial charge in [0.25, 0.3) is 5.91 Å². The molecule has 6 heteroatoms. The van der Waals surface area contributed by atoms with Crippen molar-refractivity contribution >= 4 is 23.2 Å². The minimum absolute atomic E-state index is 0.0657. The van der Waals surface area contributed by atoms with E-state index in [0.717, 1.165) is 16.8 Å². The van der Waals surface area contributed by atoms with Crippen molar-refractivity contribution in [2.45, 2.75) is 39.3 Å². The molecule has 1 heterocycles. The Labute approximate surface area is 183 Å². The lowest BCUT2D eigenvalue weighted by atomic mass is 9.95. The highest BCUT2D eigenvalue weighted by molar-refractivity contribution is 6.04. The number of rotatable bonds is 4. The fourth-order valence-electron chi connectivity index (χ4n) is 4.02. The summed E-state index contributed by atoms with van der Waals surface area (Å²) >= 11 is 0. The van der Waals surface area contributed by atoms with Crippen molar-refractivity contribution < 1.29 is 14.7 Å². The average molecular weight is 420 g/mol. The molecule has 0 spiro atoms. The molecule has 2 aromatic carbocycles. The third-order valence-electron chi connectivity index (χ3n) is 5.47. The third-order valence-corrected chi connectivity index (χ3v) is 5.47. The molecule has 0 fully saturated rings. The Balaban J connectivity index is 1.93. The number of benzene rings is 2. The summed E-state index contributed by atoms with van der Waals surface area (Å²) in [6, 6.07) is 12.1. The number of hydrogen-bond acceptors (Lipinski definition) is 4. The van der Waals surface area contributed by atoms with Crippen molar-refractivity contribution in [2.24, 2.45) is 5.92 Å². The molecule has 0 saturated carbocycles. The van der Waals surface area contributed by atoms with E-state index in [-0.39, 0.29) is 36.4 Å². The van der Waals surface area contributed by atoms with E-state index in [0.29, 0.717) is 17.7 Å². The first-order chi connectivity index (χ1) is 14.8. The Morgan fingerprint density at radius 1 is 1.29 bits per heavy atom. The number of aliphatic hydroxyl groups excluding tert-OH is 1. The first-order valence-corrected chi connectivity index (χ1v) is 10.4. The van der Waals surface area contributed by atoms with Gasteiger partial charge in [-0.25, -0.2) is 0 Å². The predicted octanol–water partition coefficient (Wildman–Crippen LogP) is 2.80. The van der Waals surface area contributed by atoms with E-state index in [4.69, 9.17) is 0 Å². The smallest absolute Gasteiger partial charge is 0.255 e. The average Bonchev–Trinajstić information content (AvgIpc) is 2.73. The second-order valence-electron chi connectivity index (χ2n) is 8.15. The number of nitrogens with zero attached hydrogens (tertiary/aromatic N) is 1. The van der Waals surface area contributed by atoms with E-state index in [1.165, 1.54) is 0 Å². The van der Waals surface area contributed by atoms with Crippen molar-refractivity contribution in [1.29, 1.82) is 0 Å². The number of likely N-dealkylation sites (N-methyl/N-ethyl adjacent to an activating group) is 1. The Morgan fingerprint density at radius 2 is 2.06 bits per heavy atom. The van der Waals surface area contributed by atoms with Crippen LogP contribution >= 0.6 is 0 Å². The molecule has 31 heavy (non-hydrogen) atoms. The van der Waals surface area contributed by atoms with Gasteiger partial charge in [0.05, 0.1) is 12.6 Å². The molecule has 2 amide bonds. The summed E-state index contributed by atoms with van der Waals surface area (Å²) in [5.41, 5.74) is 3.83. The van der Waals surface area contributed by atoms with Crippen LogP contribution in [0.4, 0.5) is 11.4 Å². The lowest BCUT2D eigenvalue weighted by Gasteiger charge is -2.37.